The number of nitrogens with zero attached hydrogens (tertiary/aromatic N) is 1. The van der Waals surface area contributed by atoms with Crippen LogP contribution in [0.15, 0.2) is 71.9 Å². The van der Waals surface area contributed by atoms with E-state index in [1.165, 1.54) is 17.7 Å². The highest BCUT2D eigenvalue weighted by atomic mass is 32.1. The predicted octanol–water partition coefficient (Wildman–Crippen LogP) is 4.80. The Hall–Kier alpha value is -3.18. The summed E-state index contributed by atoms with van der Waals surface area (Å²) in [4.78, 5) is 23.7. The number of fused-ring (bicyclic) bond motifs is 2. The highest BCUT2D eigenvalue weighted by molar-refractivity contribution is 7.22. The van der Waals surface area contributed by atoms with E-state index in [0.29, 0.717) is 4.70 Å². The van der Waals surface area contributed by atoms with Crippen molar-refractivity contribution in [1.82, 2.24) is 15.0 Å². The van der Waals surface area contributed by atoms with Gasteiger partial charge >= 0.3 is 0 Å². The molecule has 25 heavy (non-hydrogen) atoms. The van der Waals surface area contributed by atoms with E-state index < -0.39 is 0 Å². The van der Waals surface area contributed by atoms with Gasteiger partial charge in [0.2, 0.25) is 0 Å². The molecule has 0 saturated carbocycles. The molecule has 0 spiro atoms. The summed E-state index contributed by atoms with van der Waals surface area (Å²) in [5, 5.41) is 1.14. The summed E-state index contributed by atoms with van der Waals surface area (Å²) in [5.41, 5.74) is 4.92. The Bertz CT molecular complexity index is 1260. The van der Waals surface area contributed by atoms with E-state index >= 15 is 0 Å². The maximum atomic E-state index is 12.3. The molecule has 2 N–H and O–H groups in total. The van der Waals surface area contributed by atoms with Gasteiger partial charge in [-0.3, -0.25) is 4.79 Å². The molecule has 2 aromatic carbocycles. The molecule has 3 aromatic heterocycles. The lowest BCUT2D eigenvalue weighted by atomic mass is 10.0. The van der Waals surface area contributed by atoms with Crippen LogP contribution in [0.5, 0.6) is 0 Å². The molecule has 0 unspecified atom stereocenters. The molecule has 0 bridgehead atoms. The van der Waals surface area contributed by atoms with Gasteiger partial charge in [0.25, 0.3) is 5.56 Å². The predicted molar refractivity (Wildman–Crippen MR) is 103 cm³/mol. The number of hydrogen-bond donors (Lipinski definition) is 2. The minimum absolute atomic E-state index is 0.0962. The fraction of sp³-hybridized carbons (Fsp3) is 0. The first kappa shape index (κ1) is 14.2. The lowest BCUT2D eigenvalue weighted by Gasteiger charge is -2.05. The van der Waals surface area contributed by atoms with Gasteiger partial charge < -0.3 is 9.97 Å². The van der Waals surface area contributed by atoms with Gasteiger partial charge in [0.1, 0.15) is 4.70 Å². The molecule has 120 valence electrons. The van der Waals surface area contributed by atoms with E-state index in [9.17, 15) is 4.79 Å². The average Bonchev–Trinajstić information content (AvgIpc) is 3.27. The van der Waals surface area contributed by atoms with Gasteiger partial charge in [-0.05, 0) is 34.7 Å². The maximum Gasteiger partial charge on any atom is 0.268 e. The van der Waals surface area contributed by atoms with E-state index in [0.717, 1.165) is 38.0 Å². The van der Waals surface area contributed by atoms with Gasteiger partial charge in [0, 0.05) is 22.2 Å². The Balaban J connectivity index is 1.89. The summed E-state index contributed by atoms with van der Waals surface area (Å²) in [6.45, 7) is 0. The zero-order valence-corrected chi connectivity index (χ0v) is 13.9. The standard InChI is InChI=1S/C20H13N3OS/c24-20-19-17(22-11-23-20)16(18(25-19)12-4-2-1-3-5-12)14-6-7-15-13(10-14)8-9-21-15/h1-11,21H,(H,22,23,24). The van der Waals surface area contributed by atoms with Crippen LogP contribution in [0.2, 0.25) is 0 Å². The van der Waals surface area contributed by atoms with Crippen LogP contribution in [-0.2, 0) is 0 Å². The van der Waals surface area contributed by atoms with Crippen molar-refractivity contribution in [2.45, 2.75) is 0 Å². The molecular formula is C20H13N3OS. The second-order valence-corrected chi connectivity index (χ2v) is 6.88. The van der Waals surface area contributed by atoms with Gasteiger partial charge in [-0.25, -0.2) is 4.98 Å². The Morgan fingerprint density at radius 2 is 1.80 bits per heavy atom. The first-order chi connectivity index (χ1) is 12.3. The molecule has 0 fully saturated rings. The van der Waals surface area contributed by atoms with Gasteiger partial charge in [0.05, 0.1) is 11.8 Å². The minimum Gasteiger partial charge on any atom is -0.361 e. The summed E-state index contributed by atoms with van der Waals surface area (Å²) < 4.78 is 0.658. The van der Waals surface area contributed by atoms with Crippen LogP contribution < -0.4 is 5.56 Å². The van der Waals surface area contributed by atoms with Gasteiger partial charge in [-0.15, -0.1) is 11.3 Å². The number of nitrogens with one attached hydrogen (secondary N) is 2. The molecule has 0 aliphatic carbocycles. The van der Waals surface area contributed by atoms with Crippen molar-refractivity contribution in [2.75, 3.05) is 0 Å². The molecule has 5 heteroatoms. The number of hydrogen-bond acceptors (Lipinski definition) is 3. The first-order valence-corrected chi connectivity index (χ1v) is 8.76. The minimum atomic E-state index is -0.0962. The van der Waals surface area contributed by atoms with Crippen molar-refractivity contribution in [2.24, 2.45) is 0 Å². The highest BCUT2D eigenvalue weighted by Crippen LogP contribution is 2.43. The van der Waals surface area contributed by atoms with E-state index in [4.69, 9.17) is 0 Å². The van der Waals surface area contributed by atoms with Crippen LogP contribution in [-0.4, -0.2) is 15.0 Å². The molecule has 0 aliphatic heterocycles. The van der Waals surface area contributed by atoms with Crippen LogP contribution in [0, 0.1) is 0 Å². The number of aromatic nitrogens is 3. The third kappa shape index (κ3) is 2.21. The molecule has 3 heterocycles. The Morgan fingerprint density at radius 1 is 0.920 bits per heavy atom. The molecule has 0 saturated heterocycles. The van der Waals surface area contributed by atoms with Crippen molar-refractivity contribution < 1.29 is 0 Å². The SMILES string of the molecule is O=c1[nH]cnc2c(-c3ccc4[nH]ccc4c3)c(-c3ccccc3)sc12. The molecule has 0 radical (unpaired) electrons. The monoisotopic (exact) mass is 343 g/mol. The first-order valence-electron chi connectivity index (χ1n) is 7.94. The third-order valence-corrected chi connectivity index (χ3v) is 5.58. The van der Waals surface area contributed by atoms with Gasteiger partial charge in [0.15, 0.2) is 0 Å². The fourth-order valence-electron chi connectivity index (χ4n) is 3.19. The number of benzene rings is 2. The highest BCUT2D eigenvalue weighted by Gasteiger charge is 2.18. The molecule has 0 atom stereocenters. The summed E-state index contributed by atoms with van der Waals surface area (Å²) in [6.07, 6.45) is 3.41. The lowest BCUT2D eigenvalue weighted by molar-refractivity contribution is 1.18. The van der Waals surface area contributed by atoms with Crippen LogP contribution in [0.25, 0.3) is 42.7 Å². The number of H-pyrrole nitrogens is 2. The van der Waals surface area contributed by atoms with E-state index in [1.54, 1.807) is 0 Å². The number of rotatable bonds is 2. The van der Waals surface area contributed by atoms with Crippen LogP contribution in [0.1, 0.15) is 0 Å². The van der Waals surface area contributed by atoms with Crippen molar-refractivity contribution in [1.29, 1.82) is 0 Å². The van der Waals surface area contributed by atoms with E-state index in [1.807, 2.05) is 24.4 Å². The summed E-state index contributed by atoms with van der Waals surface area (Å²) >= 11 is 1.49. The zero-order valence-electron chi connectivity index (χ0n) is 13.1. The zero-order chi connectivity index (χ0) is 16.8. The summed E-state index contributed by atoms with van der Waals surface area (Å²) in [7, 11) is 0. The largest absolute Gasteiger partial charge is 0.361 e. The van der Waals surface area contributed by atoms with Crippen LogP contribution in [0.4, 0.5) is 0 Å². The molecule has 5 aromatic rings. The molecule has 4 nitrogen and oxygen atoms in total. The van der Waals surface area contributed by atoms with E-state index in [2.05, 4.69) is 51.4 Å². The van der Waals surface area contributed by atoms with Crippen LogP contribution in [0.3, 0.4) is 0 Å². The van der Waals surface area contributed by atoms with Crippen molar-refractivity contribution in [3.63, 3.8) is 0 Å². The Kier molecular flexibility index (Phi) is 3.08. The topological polar surface area (TPSA) is 61.5 Å². The Labute approximate surface area is 146 Å². The maximum absolute atomic E-state index is 12.3. The van der Waals surface area contributed by atoms with Crippen molar-refractivity contribution in [3.05, 3.63) is 77.5 Å². The quantitative estimate of drug-likeness (QED) is 0.484. The van der Waals surface area contributed by atoms with Crippen LogP contribution >= 0.6 is 11.3 Å². The third-order valence-electron chi connectivity index (χ3n) is 4.36. The number of aromatic amines is 2. The molecular weight excluding hydrogens is 330 g/mol. The smallest absolute Gasteiger partial charge is 0.268 e. The average molecular weight is 343 g/mol. The van der Waals surface area contributed by atoms with Crippen molar-refractivity contribution >= 4 is 32.5 Å². The lowest BCUT2D eigenvalue weighted by Crippen LogP contribution is -2.03. The second kappa shape index (κ2) is 5.43. The van der Waals surface area contributed by atoms with Crippen molar-refractivity contribution in [3.8, 4) is 21.6 Å². The van der Waals surface area contributed by atoms with Gasteiger partial charge in [-0.2, -0.15) is 0 Å². The summed E-state index contributed by atoms with van der Waals surface area (Å²) in [5.74, 6) is 0. The second-order valence-electron chi connectivity index (χ2n) is 5.86. The normalized spacial score (nSPS) is 11.4. The Morgan fingerprint density at radius 3 is 2.68 bits per heavy atom. The molecule has 5 rings (SSSR count). The number of thiophene rings is 1. The van der Waals surface area contributed by atoms with Gasteiger partial charge in [-0.1, -0.05) is 36.4 Å². The molecule has 0 amide bonds. The summed E-state index contributed by atoms with van der Waals surface area (Å²) in [6, 6.07) is 18.5. The molecule has 0 aliphatic rings. The van der Waals surface area contributed by atoms with E-state index in [-0.39, 0.29) is 5.56 Å². The fourth-order valence-corrected chi connectivity index (χ4v) is 4.37.